The van der Waals surface area contributed by atoms with Gasteiger partial charge in [-0.2, -0.15) is 11.8 Å². The smallest absolute Gasteiger partial charge is 0.326 e. The first-order chi connectivity index (χ1) is 20.4. The molecule has 0 aliphatic heterocycles. The zero-order valence-corrected chi connectivity index (χ0v) is 25.7. The third kappa shape index (κ3) is 8.29. The summed E-state index contributed by atoms with van der Waals surface area (Å²) in [5.41, 5.74) is 5.00. The van der Waals surface area contributed by atoms with E-state index in [1.807, 2.05) is 93.0 Å². The van der Waals surface area contributed by atoms with Crippen LogP contribution in [0.2, 0.25) is 0 Å². The molecule has 0 aliphatic rings. The Morgan fingerprint density at radius 2 is 1.81 bits per heavy atom. The fourth-order valence-electron chi connectivity index (χ4n) is 4.49. The van der Waals surface area contributed by atoms with Crippen LogP contribution in [0.25, 0.3) is 21.7 Å². The lowest BCUT2D eigenvalue weighted by Crippen LogP contribution is -2.41. The van der Waals surface area contributed by atoms with Crippen molar-refractivity contribution in [3.8, 4) is 21.7 Å². The molecule has 4 rings (SSSR count). The Morgan fingerprint density at radius 3 is 2.52 bits per heavy atom. The Bertz CT molecular complexity index is 1470. The molecule has 0 bridgehead atoms. The molecular formula is C33H36N2O5S2. The number of aromatic nitrogens is 1. The average Bonchev–Trinajstić information content (AvgIpc) is 3.50. The summed E-state index contributed by atoms with van der Waals surface area (Å²) in [7, 11) is 0. The zero-order chi connectivity index (χ0) is 29.9. The predicted molar refractivity (Wildman–Crippen MR) is 170 cm³/mol. The summed E-state index contributed by atoms with van der Waals surface area (Å²) in [5, 5.41) is 13.3. The van der Waals surface area contributed by atoms with Gasteiger partial charge < -0.3 is 19.9 Å². The summed E-state index contributed by atoms with van der Waals surface area (Å²) in [4.78, 5) is 30.8. The number of thiazole rings is 1. The number of thioether (sulfide) groups is 1. The minimum Gasteiger partial charge on any atom is -0.480 e. The van der Waals surface area contributed by atoms with Crippen molar-refractivity contribution < 1.29 is 24.2 Å². The molecule has 0 radical (unpaired) electrons. The predicted octanol–water partition coefficient (Wildman–Crippen LogP) is 7.02. The van der Waals surface area contributed by atoms with Gasteiger partial charge in [0.05, 0.1) is 18.1 Å². The van der Waals surface area contributed by atoms with Crippen molar-refractivity contribution in [1.82, 2.24) is 10.3 Å². The first-order valence-corrected chi connectivity index (χ1v) is 16.0. The molecule has 9 heteroatoms. The van der Waals surface area contributed by atoms with Crippen LogP contribution in [0.3, 0.4) is 0 Å². The van der Waals surface area contributed by atoms with Gasteiger partial charge in [-0.15, -0.1) is 11.3 Å². The summed E-state index contributed by atoms with van der Waals surface area (Å²) < 4.78 is 12.1. The molecule has 0 unspecified atom stereocenters. The van der Waals surface area contributed by atoms with Gasteiger partial charge in [-0.25, -0.2) is 9.78 Å². The van der Waals surface area contributed by atoms with Gasteiger partial charge in [0.1, 0.15) is 17.2 Å². The molecule has 2 atom stereocenters. The Balaban J connectivity index is 1.59. The number of hydrogen-bond acceptors (Lipinski definition) is 7. The van der Waals surface area contributed by atoms with Crippen LogP contribution in [0.1, 0.15) is 45.8 Å². The molecule has 42 heavy (non-hydrogen) atoms. The van der Waals surface area contributed by atoms with Gasteiger partial charge in [0.25, 0.3) is 5.91 Å². The molecule has 2 N–H and O–H groups in total. The first-order valence-electron chi connectivity index (χ1n) is 13.8. The van der Waals surface area contributed by atoms with E-state index in [-0.39, 0.29) is 6.10 Å². The Morgan fingerprint density at radius 1 is 1.05 bits per heavy atom. The third-order valence-corrected chi connectivity index (χ3v) is 8.55. The number of carbonyl (C=O) groups is 2. The number of carbonyl (C=O) groups excluding carboxylic acids is 1. The standard InChI is InChI=1S/C33H36N2O5S2/c1-4-39-21-29(30-19-34-32(42-30)24-11-6-5-7-12-24)40-20-23-14-15-26(27(18-23)25-13-9-8-10-22(25)2)31(36)35-28(33(37)38)16-17-41-3/h5-15,18-19,28-29H,4,16-17,20-21H2,1-3H3,(H,35,36)(H,37,38)/t28-,29+/m0/s1. The van der Waals surface area contributed by atoms with E-state index in [0.717, 1.165) is 37.7 Å². The number of nitrogens with one attached hydrogen (secondary N) is 1. The highest BCUT2D eigenvalue weighted by molar-refractivity contribution is 7.98. The Labute approximate surface area is 255 Å². The summed E-state index contributed by atoms with van der Waals surface area (Å²) in [5.74, 6) is -0.825. The van der Waals surface area contributed by atoms with Crippen LogP contribution in [-0.2, 0) is 20.9 Å². The molecule has 1 aromatic heterocycles. The number of aliphatic carboxylic acids is 1. The fourth-order valence-corrected chi connectivity index (χ4v) is 5.92. The minimum atomic E-state index is -1.04. The number of ether oxygens (including phenoxy) is 2. The lowest BCUT2D eigenvalue weighted by atomic mass is 9.93. The van der Waals surface area contributed by atoms with E-state index in [0.29, 0.717) is 37.6 Å². The van der Waals surface area contributed by atoms with Crippen molar-refractivity contribution >= 4 is 35.0 Å². The lowest BCUT2D eigenvalue weighted by Gasteiger charge is -2.19. The third-order valence-electron chi connectivity index (χ3n) is 6.76. The number of aryl methyl sites for hydroxylation is 1. The maximum atomic E-state index is 13.4. The van der Waals surface area contributed by atoms with Crippen molar-refractivity contribution in [2.75, 3.05) is 25.2 Å². The van der Waals surface area contributed by atoms with E-state index in [9.17, 15) is 14.7 Å². The highest BCUT2D eigenvalue weighted by Gasteiger charge is 2.23. The van der Waals surface area contributed by atoms with Gasteiger partial charge in [-0.1, -0.05) is 60.7 Å². The molecule has 1 amide bonds. The number of carboxylic acids is 1. The van der Waals surface area contributed by atoms with E-state index in [1.165, 1.54) is 0 Å². The molecule has 1 heterocycles. The minimum absolute atomic E-state index is 0.294. The highest BCUT2D eigenvalue weighted by atomic mass is 32.2. The summed E-state index contributed by atoms with van der Waals surface area (Å²) in [6.45, 7) is 5.20. The normalized spacial score (nSPS) is 12.5. The molecule has 0 aliphatic carbocycles. The topological polar surface area (TPSA) is 97.8 Å². The maximum absolute atomic E-state index is 13.4. The second-order valence-corrected chi connectivity index (χ2v) is 11.8. The van der Waals surface area contributed by atoms with Gasteiger partial charge in [0, 0.05) is 23.9 Å². The number of rotatable bonds is 15. The summed E-state index contributed by atoms with van der Waals surface area (Å²) in [6, 6.07) is 22.5. The van der Waals surface area contributed by atoms with Crippen molar-refractivity contribution in [2.45, 2.75) is 39.0 Å². The van der Waals surface area contributed by atoms with Gasteiger partial charge in [-0.05, 0) is 66.7 Å². The molecule has 0 spiro atoms. The van der Waals surface area contributed by atoms with Crippen LogP contribution in [-0.4, -0.2) is 53.2 Å². The largest absolute Gasteiger partial charge is 0.480 e. The van der Waals surface area contributed by atoms with E-state index < -0.39 is 17.9 Å². The second kappa shape index (κ2) is 15.7. The van der Waals surface area contributed by atoms with E-state index >= 15 is 0 Å². The van der Waals surface area contributed by atoms with Crippen molar-refractivity contribution in [1.29, 1.82) is 0 Å². The summed E-state index contributed by atoms with van der Waals surface area (Å²) >= 11 is 3.13. The first kappa shape index (κ1) is 31.4. The highest BCUT2D eigenvalue weighted by Crippen LogP contribution is 2.33. The second-order valence-electron chi connectivity index (χ2n) is 9.73. The van der Waals surface area contributed by atoms with Gasteiger partial charge in [-0.3, -0.25) is 4.79 Å². The molecule has 0 saturated carbocycles. The number of hydrogen-bond donors (Lipinski definition) is 2. The quantitative estimate of drug-likeness (QED) is 0.151. The number of amides is 1. The van der Waals surface area contributed by atoms with E-state index in [4.69, 9.17) is 9.47 Å². The monoisotopic (exact) mass is 604 g/mol. The molecule has 0 fully saturated rings. The molecule has 7 nitrogen and oxygen atoms in total. The fraction of sp³-hybridized carbons (Fsp3) is 0.303. The van der Waals surface area contributed by atoms with Crippen molar-refractivity contribution in [3.63, 3.8) is 0 Å². The number of nitrogens with zero attached hydrogens (tertiary/aromatic N) is 1. The maximum Gasteiger partial charge on any atom is 0.326 e. The van der Waals surface area contributed by atoms with Crippen LogP contribution in [0.15, 0.2) is 79.0 Å². The van der Waals surface area contributed by atoms with Crippen molar-refractivity contribution in [2.24, 2.45) is 0 Å². The van der Waals surface area contributed by atoms with Gasteiger partial charge >= 0.3 is 5.97 Å². The zero-order valence-electron chi connectivity index (χ0n) is 24.0. The molecule has 4 aromatic rings. The summed E-state index contributed by atoms with van der Waals surface area (Å²) in [6.07, 6.45) is 3.79. The van der Waals surface area contributed by atoms with Gasteiger partial charge in [0.2, 0.25) is 0 Å². The van der Waals surface area contributed by atoms with Crippen LogP contribution < -0.4 is 5.32 Å². The molecule has 0 saturated heterocycles. The number of carboxylic acid groups (broad SMARTS) is 1. The molecular weight excluding hydrogens is 569 g/mol. The van der Waals surface area contributed by atoms with Crippen LogP contribution in [0, 0.1) is 6.92 Å². The van der Waals surface area contributed by atoms with Crippen molar-refractivity contribution in [3.05, 3.63) is 101 Å². The Kier molecular flexibility index (Phi) is 11.7. The SMILES string of the molecule is CCOC[C@@H](OCc1ccc(C(=O)N[C@@H](CCSC)C(=O)O)c(-c2ccccc2C)c1)c1cnc(-c2ccccc2)s1. The van der Waals surface area contributed by atoms with E-state index in [1.54, 1.807) is 29.2 Å². The lowest BCUT2D eigenvalue weighted by molar-refractivity contribution is -0.139. The molecule has 3 aromatic carbocycles. The van der Waals surface area contributed by atoms with Crippen LogP contribution >= 0.6 is 23.1 Å². The van der Waals surface area contributed by atoms with Gasteiger partial charge in [0.15, 0.2) is 0 Å². The number of benzene rings is 3. The molecule has 220 valence electrons. The average molecular weight is 605 g/mol. The van der Waals surface area contributed by atoms with E-state index in [2.05, 4.69) is 10.3 Å². The van der Waals surface area contributed by atoms with Crippen LogP contribution in [0.5, 0.6) is 0 Å². The Hall–Kier alpha value is -3.50. The van der Waals surface area contributed by atoms with Crippen LogP contribution in [0.4, 0.5) is 0 Å².